The molecule has 0 spiro atoms. The van der Waals surface area contributed by atoms with E-state index >= 15 is 0 Å². The number of likely N-dealkylation sites (tertiary alicyclic amines) is 1. The number of piperidine rings is 1. The number of carbonyl (C=O) groups is 1. The zero-order chi connectivity index (χ0) is 26.7. The molecule has 3 heterocycles. The summed E-state index contributed by atoms with van der Waals surface area (Å²) < 4.78 is 39.2. The monoisotopic (exact) mass is 518 g/mol. The van der Waals surface area contributed by atoms with Crippen LogP contribution in [-0.2, 0) is 0 Å². The Morgan fingerprint density at radius 3 is 2.68 bits per heavy atom. The van der Waals surface area contributed by atoms with Gasteiger partial charge < -0.3 is 20.3 Å². The van der Waals surface area contributed by atoms with Crippen LogP contribution in [0.1, 0.15) is 68.4 Å². The van der Waals surface area contributed by atoms with E-state index in [0.717, 1.165) is 25.9 Å². The molecule has 11 heteroatoms. The first-order chi connectivity index (χ1) is 17.6. The maximum absolute atomic E-state index is 12.4. The highest BCUT2D eigenvalue weighted by Gasteiger charge is 2.27. The van der Waals surface area contributed by atoms with E-state index in [9.17, 15) is 23.1 Å². The zero-order valence-corrected chi connectivity index (χ0v) is 21.3. The Kier molecular flexibility index (Phi) is 7.91. The first-order valence-corrected chi connectivity index (χ1v) is 12.6. The molecule has 0 aliphatic carbocycles. The second-order valence-corrected chi connectivity index (χ2v) is 9.68. The van der Waals surface area contributed by atoms with E-state index in [4.69, 9.17) is 4.99 Å². The minimum absolute atomic E-state index is 0.0846. The second-order valence-electron chi connectivity index (χ2n) is 9.68. The van der Waals surface area contributed by atoms with E-state index in [1.807, 2.05) is 17.8 Å². The fraction of sp³-hybridized carbons (Fsp3) is 0.500. The topological polar surface area (TPSA) is 98.5 Å². The summed E-state index contributed by atoms with van der Waals surface area (Å²) in [6.07, 6.45) is 0.700. The molecule has 200 valence electrons. The van der Waals surface area contributed by atoms with Crippen molar-refractivity contribution in [1.29, 1.82) is 0 Å². The molecule has 3 aromatic rings. The molecule has 0 unspecified atom stereocenters. The number of aliphatic imine (C=N–C) groups is 1. The van der Waals surface area contributed by atoms with Crippen molar-refractivity contribution in [2.24, 2.45) is 4.99 Å². The lowest BCUT2D eigenvalue weighted by Crippen LogP contribution is -2.39. The highest BCUT2D eigenvalue weighted by Crippen LogP contribution is 2.32. The average Bonchev–Trinajstić information content (AvgIpc) is 3.45. The molecule has 1 aromatic carbocycles. The molecule has 1 amide bonds. The number of alkyl halides is 3. The van der Waals surface area contributed by atoms with Gasteiger partial charge in [-0.1, -0.05) is 6.92 Å². The third kappa shape index (κ3) is 6.33. The highest BCUT2D eigenvalue weighted by molar-refractivity contribution is 6.14. The van der Waals surface area contributed by atoms with Crippen molar-refractivity contribution < 1.29 is 23.1 Å². The molecule has 0 atom stereocenters. The van der Waals surface area contributed by atoms with Gasteiger partial charge in [0.1, 0.15) is 5.69 Å². The Morgan fingerprint density at radius 1 is 1.30 bits per heavy atom. The number of H-pyrrole nitrogens is 1. The summed E-state index contributed by atoms with van der Waals surface area (Å²) in [6, 6.07) is 5.51. The van der Waals surface area contributed by atoms with E-state index in [2.05, 4.69) is 34.1 Å². The highest BCUT2D eigenvalue weighted by atomic mass is 19.4. The van der Waals surface area contributed by atoms with E-state index in [1.165, 1.54) is 6.07 Å². The molecule has 1 aliphatic heterocycles. The van der Waals surface area contributed by atoms with E-state index in [1.54, 1.807) is 18.3 Å². The minimum Gasteiger partial charge on any atom is -0.494 e. The fourth-order valence-electron chi connectivity index (χ4n) is 4.75. The van der Waals surface area contributed by atoms with Gasteiger partial charge in [0.2, 0.25) is 0 Å². The molecular formula is C26H33F3N6O2. The largest absolute Gasteiger partial charge is 0.494 e. The number of hydrogen-bond acceptors (Lipinski definition) is 5. The van der Waals surface area contributed by atoms with Gasteiger partial charge in [-0.2, -0.15) is 18.3 Å². The lowest BCUT2D eigenvalue weighted by atomic mass is 10.0. The number of nitrogens with zero attached hydrogens (tertiary/aromatic N) is 4. The molecule has 4 rings (SSSR count). The molecule has 8 nitrogen and oxygen atoms in total. The van der Waals surface area contributed by atoms with Crippen LogP contribution >= 0.6 is 0 Å². The number of aromatic nitrogens is 3. The van der Waals surface area contributed by atoms with Gasteiger partial charge in [-0.3, -0.25) is 9.48 Å². The molecule has 0 bridgehead atoms. The van der Waals surface area contributed by atoms with Gasteiger partial charge in [-0.25, -0.2) is 4.99 Å². The van der Waals surface area contributed by atoms with Gasteiger partial charge in [-0.15, -0.1) is 0 Å². The van der Waals surface area contributed by atoms with Gasteiger partial charge in [0.05, 0.1) is 36.1 Å². The normalized spacial score (nSPS) is 16.1. The predicted octanol–water partition coefficient (Wildman–Crippen LogP) is 5.33. The maximum atomic E-state index is 12.4. The Bertz CT molecular complexity index is 1270. The van der Waals surface area contributed by atoms with E-state index in [-0.39, 0.29) is 11.4 Å². The number of aromatic amines is 1. The summed E-state index contributed by atoms with van der Waals surface area (Å²) in [6.45, 7) is 7.87. The number of nitrogens with one attached hydrogen (secondary N) is 2. The van der Waals surface area contributed by atoms with Crippen LogP contribution in [0, 0.1) is 0 Å². The first kappa shape index (κ1) is 26.7. The lowest BCUT2D eigenvalue weighted by molar-refractivity contribution is -0.132. The summed E-state index contributed by atoms with van der Waals surface area (Å²) >= 11 is 0. The maximum Gasteiger partial charge on any atom is 0.390 e. The smallest absolute Gasteiger partial charge is 0.390 e. The fourth-order valence-corrected chi connectivity index (χ4v) is 4.75. The standard InChI is InChI=1S/C26H33F3N6O2/c1-4-21(32-18-14-31-35(15-18)19-7-11-34(12-8-19)16(2)3)23-20-13-17(5-6-22(20)33-25(23)37)24(36)30-10-9-26(27,28)29/h5-6,13-16,19,33,37H,4,7-12H2,1-3H3,(H,30,36). The van der Waals surface area contributed by atoms with Crippen LogP contribution < -0.4 is 5.32 Å². The van der Waals surface area contributed by atoms with Crippen LogP contribution in [-0.4, -0.2) is 68.2 Å². The zero-order valence-electron chi connectivity index (χ0n) is 21.3. The van der Waals surface area contributed by atoms with Crippen LogP contribution in [0.2, 0.25) is 0 Å². The van der Waals surface area contributed by atoms with Gasteiger partial charge >= 0.3 is 6.18 Å². The van der Waals surface area contributed by atoms with Gasteiger partial charge in [0, 0.05) is 42.1 Å². The van der Waals surface area contributed by atoms with Crippen molar-refractivity contribution in [3.63, 3.8) is 0 Å². The van der Waals surface area contributed by atoms with Crippen LogP contribution in [0.15, 0.2) is 35.6 Å². The van der Waals surface area contributed by atoms with Gasteiger partial charge in [0.25, 0.3) is 5.91 Å². The number of amides is 1. The molecule has 1 fully saturated rings. The van der Waals surface area contributed by atoms with Crippen LogP contribution in [0.4, 0.5) is 18.9 Å². The molecule has 3 N–H and O–H groups in total. The van der Waals surface area contributed by atoms with Crippen LogP contribution in [0.5, 0.6) is 5.88 Å². The van der Waals surface area contributed by atoms with E-state index < -0.39 is 25.0 Å². The SMILES string of the molecule is CCC(=Nc1cnn(C2CCN(C(C)C)CC2)c1)c1c(O)[nH]c2ccc(C(=O)NCCC(F)(F)F)cc12. The Morgan fingerprint density at radius 2 is 2.03 bits per heavy atom. The minimum atomic E-state index is -4.34. The van der Waals surface area contributed by atoms with Crippen molar-refractivity contribution in [3.8, 4) is 5.88 Å². The number of aromatic hydroxyl groups is 1. The van der Waals surface area contributed by atoms with E-state index in [0.29, 0.717) is 46.4 Å². The Labute approximate surface area is 213 Å². The first-order valence-electron chi connectivity index (χ1n) is 12.6. The number of fused-ring (bicyclic) bond motifs is 1. The summed E-state index contributed by atoms with van der Waals surface area (Å²) in [5, 5.41) is 18.1. The summed E-state index contributed by atoms with van der Waals surface area (Å²) in [7, 11) is 0. The lowest BCUT2D eigenvalue weighted by Gasteiger charge is -2.34. The summed E-state index contributed by atoms with van der Waals surface area (Å²) in [5.41, 5.74) is 2.52. The second kappa shape index (κ2) is 11.0. The van der Waals surface area contributed by atoms with Crippen molar-refractivity contribution in [2.45, 2.75) is 64.7 Å². The van der Waals surface area contributed by atoms with Gasteiger partial charge in [-0.05, 0) is 51.3 Å². The molecule has 37 heavy (non-hydrogen) atoms. The van der Waals surface area contributed by atoms with Crippen LogP contribution in [0.3, 0.4) is 0 Å². The molecular weight excluding hydrogens is 485 g/mol. The predicted molar refractivity (Wildman–Crippen MR) is 137 cm³/mol. The van der Waals surface area contributed by atoms with Crippen molar-refractivity contribution in [1.82, 2.24) is 25.0 Å². The van der Waals surface area contributed by atoms with Gasteiger partial charge in [0.15, 0.2) is 5.88 Å². The number of halogens is 3. The Balaban J connectivity index is 1.55. The summed E-state index contributed by atoms with van der Waals surface area (Å²) in [5.74, 6) is -0.698. The number of hydrogen-bond donors (Lipinski definition) is 3. The van der Waals surface area contributed by atoms with Crippen molar-refractivity contribution in [3.05, 3.63) is 41.7 Å². The molecule has 0 saturated carbocycles. The van der Waals surface area contributed by atoms with Crippen LogP contribution in [0.25, 0.3) is 10.9 Å². The van der Waals surface area contributed by atoms with Crippen molar-refractivity contribution >= 4 is 28.2 Å². The summed E-state index contributed by atoms with van der Waals surface area (Å²) in [4.78, 5) is 22.5. The number of benzene rings is 1. The molecule has 1 aliphatic rings. The third-order valence-electron chi connectivity index (χ3n) is 6.81. The Hall–Kier alpha value is -3.34. The molecule has 1 saturated heterocycles. The molecule has 2 aromatic heterocycles. The average molecular weight is 519 g/mol. The quantitative estimate of drug-likeness (QED) is 0.351. The number of rotatable bonds is 8. The number of carbonyl (C=O) groups excluding carboxylic acids is 1. The van der Waals surface area contributed by atoms with Crippen molar-refractivity contribution in [2.75, 3.05) is 19.6 Å². The third-order valence-corrected chi connectivity index (χ3v) is 6.81. The molecule has 0 radical (unpaired) electrons.